The first-order valence-corrected chi connectivity index (χ1v) is 10.8. The Kier molecular flexibility index (Phi) is 5.82. The van der Waals surface area contributed by atoms with E-state index in [1.807, 2.05) is 28.3 Å². The van der Waals surface area contributed by atoms with E-state index in [1.54, 1.807) is 4.57 Å². The second-order valence-corrected chi connectivity index (χ2v) is 8.00. The Morgan fingerprint density at radius 1 is 1.24 bits per heavy atom. The molecule has 148 valence electrons. The molecule has 1 N–H and O–H groups in total. The monoisotopic (exact) mass is 423 g/mol. The molecule has 0 saturated heterocycles. The molecular formula is C21H21N5OS2. The lowest BCUT2D eigenvalue weighted by Crippen LogP contribution is -2.19. The van der Waals surface area contributed by atoms with Crippen molar-refractivity contribution < 1.29 is 4.79 Å². The van der Waals surface area contributed by atoms with Gasteiger partial charge in [0.15, 0.2) is 9.57 Å². The van der Waals surface area contributed by atoms with Crippen LogP contribution in [0.5, 0.6) is 0 Å². The lowest BCUT2D eigenvalue weighted by Gasteiger charge is -2.08. The van der Waals surface area contributed by atoms with Crippen LogP contribution in [0, 0.1) is 4.77 Å². The predicted molar refractivity (Wildman–Crippen MR) is 117 cm³/mol. The number of nitrogens with zero attached hydrogens (tertiary/aromatic N) is 4. The Morgan fingerprint density at radius 3 is 2.93 bits per heavy atom. The van der Waals surface area contributed by atoms with E-state index in [0.717, 1.165) is 18.7 Å². The third-order valence-electron chi connectivity index (χ3n) is 4.71. The van der Waals surface area contributed by atoms with Gasteiger partial charge in [0.1, 0.15) is 12.4 Å². The second kappa shape index (κ2) is 8.67. The number of carbonyl (C=O) groups excluding carboxylic acids is 1. The first-order valence-electron chi connectivity index (χ1n) is 9.48. The summed E-state index contributed by atoms with van der Waals surface area (Å²) in [5.74, 6) is 0.546. The van der Waals surface area contributed by atoms with E-state index in [9.17, 15) is 4.79 Å². The van der Waals surface area contributed by atoms with E-state index in [4.69, 9.17) is 12.2 Å². The fourth-order valence-electron chi connectivity index (χ4n) is 3.33. The largest absolute Gasteiger partial charge is 0.319 e. The number of aromatic amines is 1. The van der Waals surface area contributed by atoms with E-state index in [1.165, 1.54) is 27.7 Å². The Labute approximate surface area is 177 Å². The molecule has 0 aliphatic carbocycles. The van der Waals surface area contributed by atoms with Crippen molar-refractivity contribution in [2.75, 3.05) is 0 Å². The summed E-state index contributed by atoms with van der Waals surface area (Å²) in [7, 11) is 0. The van der Waals surface area contributed by atoms with Gasteiger partial charge in [-0.2, -0.15) is 10.1 Å². The molecule has 0 saturated carbocycles. The van der Waals surface area contributed by atoms with Gasteiger partial charge in [0, 0.05) is 18.0 Å². The van der Waals surface area contributed by atoms with Crippen molar-refractivity contribution in [2.24, 2.45) is 4.99 Å². The molecule has 0 radical (unpaired) electrons. The van der Waals surface area contributed by atoms with Crippen LogP contribution in [0.25, 0.3) is 10.8 Å². The molecular weight excluding hydrogens is 402 g/mol. The molecule has 0 atom stereocenters. The third kappa shape index (κ3) is 4.28. The predicted octanol–water partition coefficient (Wildman–Crippen LogP) is 4.09. The first kappa shape index (κ1) is 19.5. The van der Waals surface area contributed by atoms with Crippen LogP contribution in [0.2, 0.25) is 0 Å². The number of hydrogen-bond donors (Lipinski definition) is 1. The Balaban J connectivity index is 1.61. The molecule has 8 heteroatoms. The highest BCUT2D eigenvalue weighted by atomic mass is 32.1. The molecule has 0 aliphatic heterocycles. The zero-order chi connectivity index (χ0) is 20.2. The molecule has 0 spiro atoms. The topological polar surface area (TPSA) is 68.0 Å². The highest BCUT2D eigenvalue weighted by Crippen LogP contribution is 2.19. The van der Waals surface area contributed by atoms with Gasteiger partial charge in [0.05, 0.1) is 6.54 Å². The summed E-state index contributed by atoms with van der Waals surface area (Å²) in [5, 5.41) is 11.3. The minimum absolute atomic E-state index is 0.0941. The van der Waals surface area contributed by atoms with Crippen LogP contribution >= 0.6 is 23.6 Å². The van der Waals surface area contributed by atoms with E-state index in [2.05, 4.69) is 52.4 Å². The summed E-state index contributed by atoms with van der Waals surface area (Å²) in [6, 6.07) is 14.6. The number of amides is 1. The SMILES string of the molecule is CCCc1n[nH]c(=S)n1CC(=O)N=c1sccn1Cc1cccc2ccccc12. The van der Waals surface area contributed by atoms with Crippen LogP contribution in [0.1, 0.15) is 24.7 Å². The highest BCUT2D eigenvalue weighted by Gasteiger charge is 2.10. The van der Waals surface area contributed by atoms with Crippen molar-refractivity contribution >= 4 is 40.2 Å². The minimum atomic E-state index is -0.242. The quantitative estimate of drug-likeness (QED) is 0.475. The molecule has 0 bridgehead atoms. The van der Waals surface area contributed by atoms with Gasteiger partial charge in [0.2, 0.25) is 0 Å². The van der Waals surface area contributed by atoms with E-state index >= 15 is 0 Å². The summed E-state index contributed by atoms with van der Waals surface area (Å²) in [6.07, 6.45) is 3.66. The van der Waals surface area contributed by atoms with Crippen molar-refractivity contribution in [3.05, 3.63) is 75.0 Å². The Hall–Kier alpha value is -2.84. The fourth-order valence-corrected chi connectivity index (χ4v) is 4.29. The number of thiazole rings is 1. The van der Waals surface area contributed by atoms with Crippen LogP contribution in [-0.2, 0) is 24.3 Å². The normalized spacial score (nSPS) is 12.0. The Morgan fingerprint density at radius 2 is 2.07 bits per heavy atom. The van der Waals surface area contributed by atoms with Crippen molar-refractivity contribution in [2.45, 2.75) is 32.9 Å². The summed E-state index contributed by atoms with van der Waals surface area (Å²) in [5.41, 5.74) is 1.19. The lowest BCUT2D eigenvalue weighted by atomic mass is 10.0. The number of hydrogen-bond acceptors (Lipinski definition) is 4. The number of aromatic nitrogens is 4. The van der Waals surface area contributed by atoms with Gasteiger partial charge in [-0.15, -0.1) is 11.3 Å². The number of rotatable bonds is 6. The molecule has 0 aliphatic rings. The molecule has 29 heavy (non-hydrogen) atoms. The van der Waals surface area contributed by atoms with E-state index in [-0.39, 0.29) is 12.5 Å². The van der Waals surface area contributed by atoms with Crippen LogP contribution in [0.4, 0.5) is 0 Å². The molecule has 2 aromatic heterocycles. The summed E-state index contributed by atoms with van der Waals surface area (Å²) < 4.78 is 4.19. The second-order valence-electron chi connectivity index (χ2n) is 6.74. The fraction of sp³-hybridized carbons (Fsp3) is 0.238. The first-order chi connectivity index (χ1) is 14.2. The molecule has 6 nitrogen and oxygen atoms in total. The number of H-pyrrole nitrogens is 1. The molecule has 4 aromatic rings. The number of benzene rings is 2. The standard InChI is InChI=1S/C21H21N5OS2/c1-2-6-18-23-24-20(28)26(18)14-19(27)22-21-25(11-12-29-21)13-16-9-5-8-15-7-3-4-10-17(15)16/h3-5,7-12H,2,6,13-14H2,1H3,(H,24,28). The smallest absolute Gasteiger partial charge is 0.268 e. The third-order valence-corrected chi connectivity index (χ3v) is 5.81. The average molecular weight is 424 g/mol. The van der Waals surface area contributed by atoms with Gasteiger partial charge < -0.3 is 4.57 Å². The molecule has 0 unspecified atom stereocenters. The zero-order valence-corrected chi connectivity index (χ0v) is 17.7. The summed E-state index contributed by atoms with van der Waals surface area (Å²) >= 11 is 6.71. The molecule has 2 aromatic carbocycles. The number of fused-ring (bicyclic) bond motifs is 1. The van der Waals surface area contributed by atoms with Gasteiger partial charge >= 0.3 is 0 Å². The van der Waals surface area contributed by atoms with Crippen molar-refractivity contribution in [1.29, 1.82) is 0 Å². The van der Waals surface area contributed by atoms with Gasteiger partial charge in [-0.25, -0.2) is 0 Å². The maximum absolute atomic E-state index is 12.6. The van der Waals surface area contributed by atoms with Gasteiger partial charge in [-0.3, -0.25) is 14.5 Å². The number of nitrogens with one attached hydrogen (secondary N) is 1. The van der Waals surface area contributed by atoms with Crippen molar-refractivity contribution in [3.8, 4) is 0 Å². The maximum atomic E-state index is 12.6. The van der Waals surface area contributed by atoms with Crippen LogP contribution in [-0.4, -0.2) is 25.2 Å². The lowest BCUT2D eigenvalue weighted by molar-refractivity contribution is -0.118. The van der Waals surface area contributed by atoms with E-state index in [0.29, 0.717) is 16.1 Å². The van der Waals surface area contributed by atoms with E-state index < -0.39 is 0 Å². The minimum Gasteiger partial charge on any atom is -0.319 e. The number of aryl methyl sites for hydroxylation is 1. The Bertz CT molecular complexity index is 1270. The van der Waals surface area contributed by atoms with Crippen LogP contribution in [0.15, 0.2) is 59.0 Å². The summed E-state index contributed by atoms with van der Waals surface area (Å²) in [4.78, 5) is 17.6. The average Bonchev–Trinajstić information content (AvgIpc) is 3.30. The highest BCUT2D eigenvalue weighted by molar-refractivity contribution is 7.71. The van der Waals surface area contributed by atoms with Gasteiger partial charge in [-0.1, -0.05) is 49.4 Å². The molecule has 1 amide bonds. The van der Waals surface area contributed by atoms with Crippen molar-refractivity contribution in [1.82, 2.24) is 19.3 Å². The maximum Gasteiger partial charge on any atom is 0.268 e. The van der Waals surface area contributed by atoms with Crippen LogP contribution in [0.3, 0.4) is 0 Å². The molecule has 0 fully saturated rings. The molecule has 2 heterocycles. The van der Waals surface area contributed by atoms with Gasteiger partial charge in [-0.05, 0) is 35.0 Å². The number of carbonyl (C=O) groups is 1. The van der Waals surface area contributed by atoms with Crippen molar-refractivity contribution in [3.63, 3.8) is 0 Å². The van der Waals surface area contributed by atoms with Gasteiger partial charge in [0.25, 0.3) is 5.91 Å². The zero-order valence-electron chi connectivity index (χ0n) is 16.0. The van der Waals surface area contributed by atoms with Crippen LogP contribution < -0.4 is 4.80 Å². The summed E-state index contributed by atoms with van der Waals surface area (Å²) in [6.45, 7) is 2.82. The molecule has 4 rings (SSSR count).